The van der Waals surface area contributed by atoms with E-state index in [4.69, 9.17) is 4.74 Å². The molecular weight excluding hydrogens is 407 g/mol. The third-order valence-electron chi connectivity index (χ3n) is 6.13. The lowest BCUT2D eigenvalue weighted by Gasteiger charge is -2.27. The molecule has 2 aliphatic rings. The van der Waals surface area contributed by atoms with Crippen LogP contribution >= 0.6 is 0 Å². The minimum absolute atomic E-state index is 0.0764. The summed E-state index contributed by atoms with van der Waals surface area (Å²) in [5.41, 5.74) is 0.336. The average molecular weight is 433 g/mol. The van der Waals surface area contributed by atoms with Gasteiger partial charge in [-0.25, -0.2) is 12.8 Å². The van der Waals surface area contributed by atoms with Gasteiger partial charge in [-0.15, -0.1) is 0 Å². The fourth-order valence-electron chi connectivity index (χ4n) is 4.60. The van der Waals surface area contributed by atoms with Crippen molar-refractivity contribution in [3.8, 4) is 5.75 Å². The van der Waals surface area contributed by atoms with E-state index in [0.717, 1.165) is 35.7 Å². The Hall–Kier alpha value is -2.61. The number of carbonyl (C=O) groups excluding carboxylic acids is 1. The van der Waals surface area contributed by atoms with Crippen LogP contribution in [0, 0.1) is 17.7 Å². The van der Waals surface area contributed by atoms with Crippen LogP contribution in [-0.2, 0) is 14.8 Å². The number of carbonyl (C=O) groups is 1. The maximum atomic E-state index is 13.3. The van der Waals surface area contributed by atoms with Crippen molar-refractivity contribution in [1.82, 2.24) is 5.32 Å². The molecule has 0 radical (unpaired) electrons. The molecule has 2 bridgehead atoms. The second-order valence-electron chi connectivity index (χ2n) is 8.01. The summed E-state index contributed by atoms with van der Waals surface area (Å²) in [5, 5.41) is 3.04. The van der Waals surface area contributed by atoms with Gasteiger partial charge in [0.1, 0.15) is 18.1 Å². The molecule has 30 heavy (non-hydrogen) atoms. The minimum Gasteiger partial charge on any atom is -0.497 e. The highest BCUT2D eigenvalue weighted by atomic mass is 32.2. The SMILES string of the molecule is COc1ccc(N(CC(=O)N[C@@H]2C[C@@H]3CC[C@H]2C3)S(=O)(=O)c2ccc(F)cc2)cc1. The number of methoxy groups -OCH3 is 1. The first-order valence-corrected chi connectivity index (χ1v) is 11.5. The second kappa shape index (κ2) is 8.26. The molecule has 2 fully saturated rings. The number of sulfonamides is 1. The lowest BCUT2D eigenvalue weighted by molar-refractivity contribution is -0.120. The Morgan fingerprint density at radius 3 is 2.37 bits per heavy atom. The Labute approximate surface area is 176 Å². The van der Waals surface area contributed by atoms with Gasteiger partial charge in [-0.05, 0) is 79.6 Å². The molecule has 2 saturated carbocycles. The van der Waals surface area contributed by atoms with E-state index in [0.29, 0.717) is 23.3 Å². The van der Waals surface area contributed by atoms with Gasteiger partial charge in [0.2, 0.25) is 5.91 Å². The number of nitrogens with zero attached hydrogens (tertiary/aromatic N) is 1. The number of halogens is 1. The predicted octanol–water partition coefficient (Wildman–Crippen LogP) is 3.33. The molecule has 2 aliphatic carbocycles. The van der Waals surface area contributed by atoms with E-state index < -0.39 is 15.8 Å². The molecule has 2 aromatic carbocycles. The zero-order valence-electron chi connectivity index (χ0n) is 16.8. The lowest BCUT2D eigenvalue weighted by Crippen LogP contribution is -2.46. The van der Waals surface area contributed by atoms with E-state index in [1.807, 2.05) is 0 Å². The summed E-state index contributed by atoms with van der Waals surface area (Å²) in [6.07, 6.45) is 4.43. The molecule has 160 valence electrons. The van der Waals surface area contributed by atoms with Crippen molar-refractivity contribution < 1.29 is 22.3 Å². The van der Waals surface area contributed by atoms with Crippen LogP contribution in [0.1, 0.15) is 25.7 Å². The smallest absolute Gasteiger partial charge is 0.264 e. The van der Waals surface area contributed by atoms with Crippen LogP contribution in [0.5, 0.6) is 5.75 Å². The molecule has 1 N–H and O–H groups in total. The molecule has 4 rings (SSSR count). The van der Waals surface area contributed by atoms with Crippen LogP contribution in [0.25, 0.3) is 0 Å². The van der Waals surface area contributed by atoms with Crippen LogP contribution in [0.15, 0.2) is 53.4 Å². The number of fused-ring (bicyclic) bond motifs is 2. The van der Waals surface area contributed by atoms with Crippen molar-refractivity contribution >= 4 is 21.6 Å². The minimum atomic E-state index is -4.06. The monoisotopic (exact) mass is 432 g/mol. The van der Waals surface area contributed by atoms with E-state index >= 15 is 0 Å². The molecule has 2 aromatic rings. The summed E-state index contributed by atoms with van der Waals surface area (Å²) in [6, 6.07) is 11.2. The number of anilines is 1. The summed E-state index contributed by atoms with van der Waals surface area (Å²) in [6.45, 7) is -0.347. The van der Waals surface area contributed by atoms with Gasteiger partial charge in [-0.3, -0.25) is 9.10 Å². The summed E-state index contributed by atoms with van der Waals surface area (Å²) in [4.78, 5) is 12.7. The molecule has 0 aromatic heterocycles. The number of amides is 1. The summed E-state index contributed by atoms with van der Waals surface area (Å²) in [5.74, 6) is 0.861. The number of rotatable bonds is 7. The van der Waals surface area contributed by atoms with Gasteiger partial charge < -0.3 is 10.1 Å². The molecule has 0 saturated heterocycles. The van der Waals surface area contributed by atoms with Gasteiger partial charge in [0.05, 0.1) is 17.7 Å². The van der Waals surface area contributed by atoms with E-state index in [9.17, 15) is 17.6 Å². The van der Waals surface area contributed by atoms with Crippen molar-refractivity contribution in [3.05, 3.63) is 54.3 Å². The van der Waals surface area contributed by atoms with Gasteiger partial charge >= 0.3 is 0 Å². The highest BCUT2D eigenvalue weighted by Gasteiger charge is 2.40. The first-order chi connectivity index (χ1) is 14.4. The fourth-order valence-corrected chi connectivity index (χ4v) is 6.02. The Bertz CT molecular complexity index is 1010. The number of nitrogens with one attached hydrogen (secondary N) is 1. The fraction of sp³-hybridized carbons (Fsp3) is 0.409. The Morgan fingerprint density at radius 1 is 1.10 bits per heavy atom. The zero-order chi connectivity index (χ0) is 21.3. The van der Waals surface area contributed by atoms with E-state index in [1.165, 1.54) is 25.7 Å². The molecule has 3 atom stereocenters. The van der Waals surface area contributed by atoms with Gasteiger partial charge in [-0.2, -0.15) is 0 Å². The maximum Gasteiger partial charge on any atom is 0.264 e. The maximum absolute atomic E-state index is 13.3. The van der Waals surface area contributed by atoms with Gasteiger partial charge in [0, 0.05) is 6.04 Å². The highest BCUT2D eigenvalue weighted by Crippen LogP contribution is 2.44. The second-order valence-corrected chi connectivity index (χ2v) is 9.87. The molecule has 0 heterocycles. The third-order valence-corrected chi connectivity index (χ3v) is 7.92. The molecule has 1 amide bonds. The quantitative estimate of drug-likeness (QED) is 0.728. The molecule has 0 unspecified atom stereocenters. The van der Waals surface area contributed by atoms with Crippen molar-refractivity contribution in [2.75, 3.05) is 18.0 Å². The van der Waals surface area contributed by atoms with Gasteiger partial charge in [0.15, 0.2) is 0 Å². The Balaban J connectivity index is 1.59. The average Bonchev–Trinajstić information content (AvgIpc) is 3.35. The predicted molar refractivity (Wildman–Crippen MR) is 111 cm³/mol. The molecule has 0 spiro atoms. The van der Waals surface area contributed by atoms with Crippen LogP contribution in [0.2, 0.25) is 0 Å². The standard InChI is InChI=1S/C22H25FN2O4S/c1-29-19-8-6-18(7-9-19)25(30(27,28)20-10-4-17(23)5-11-20)14-22(26)24-21-13-15-2-3-16(21)12-15/h4-11,15-16,21H,2-3,12-14H2,1H3,(H,24,26)/t15-,16+,21-/m1/s1. The van der Waals surface area contributed by atoms with Crippen molar-refractivity contribution in [3.63, 3.8) is 0 Å². The number of benzene rings is 2. The summed E-state index contributed by atoms with van der Waals surface area (Å²) >= 11 is 0. The summed E-state index contributed by atoms with van der Waals surface area (Å²) < 4.78 is 46.1. The topological polar surface area (TPSA) is 75.7 Å². The van der Waals surface area contributed by atoms with E-state index in [2.05, 4.69) is 5.32 Å². The van der Waals surface area contributed by atoms with Crippen LogP contribution in [0.4, 0.5) is 10.1 Å². The highest BCUT2D eigenvalue weighted by molar-refractivity contribution is 7.92. The normalized spacial score (nSPS) is 22.7. The van der Waals surface area contributed by atoms with Crippen molar-refractivity contribution in [2.24, 2.45) is 11.8 Å². The number of hydrogen-bond acceptors (Lipinski definition) is 4. The Morgan fingerprint density at radius 2 is 1.80 bits per heavy atom. The Kier molecular flexibility index (Phi) is 5.69. The van der Waals surface area contributed by atoms with Crippen molar-refractivity contribution in [2.45, 2.75) is 36.6 Å². The van der Waals surface area contributed by atoms with Gasteiger partial charge in [0.25, 0.3) is 10.0 Å². The van der Waals surface area contributed by atoms with Crippen LogP contribution in [0.3, 0.4) is 0 Å². The largest absolute Gasteiger partial charge is 0.497 e. The lowest BCUT2D eigenvalue weighted by atomic mass is 9.95. The molecule has 6 nitrogen and oxygen atoms in total. The van der Waals surface area contributed by atoms with E-state index in [1.54, 1.807) is 24.3 Å². The molecule has 8 heteroatoms. The summed E-state index contributed by atoms with van der Waals surface area (Å²) in [7, 11) is -2.55. The number of hydrogen-bond donors (Lipinski definition) is 1. The van der Waals surface area contributed by atoms with Crippen LogP contribution in [-0.4, -0.2) is 34.0 Å². The molecule has 0 aliphatic heterocycles. The number of ether oxygens (including phenoxy) is 1. The van der Waals surface area contributed by atoms with E-state index in [-0.39, 0.29) is 23.4 Å². The first kappa shape index (κ1) is 20.7. The first-order valence-electron chi connectivity index (χ1n) is 10.1. The third kappa shape index (κ3) is 4.14. The van der Waals surface area contributed by atoms with Crippen molar-refractivity contribution in [1.29, 1.82) is 0 Å². The van der Waals surface area contributed by atoms with Gasteiger partial charge in [-0.1, -0.05) is 6.42 Å². The molecular formula is C22H25FN2O4S. The van der Waals surface area contributed by atoms with Crippen LogP contribution < -0.4 is 14.4 Å². The zero-order valence-corrected chi connectivity index (χ0v) is 17.6.